The zero-order chi connectivity index (χ0) is 13.8. The molecule has 3 nitrogen and oxygen atoms in total. The number of nitrogens with two attached hydrogens (primary N) is 1. The molecule has 0 bridgehead atoms. The third-order valence-electron chi connectivity index (χ3n) is 2.99. The van der Waals surface area contributed by atoms with Crippen molar-refractivity contribution in [3.05, 3.63) is 40.7 Å². The van der Waals surface area contributed by atoms with Gasteiger partial charge in [0.25, 0.3) is 0 Å². The van der Waals surface area contributed by atoms with E-state index in [1.165, 1.54) is 28.2 Å². The Morgan fingerprint density at radius 1 is 1.37 bits per heavy atom. The van der Waals surface area contributed by atoms with Gasteiger partial charge in [0.05, 0.1) is 0 Å². The van der Waals surface area contributed by atoms with Crippen LogP contribution < -0.4 is 5.73 Å². The smallest absolute Gasteiger partial charge is 0.170 e. The van der Waals surface area contributed by atoms with Crippen LogP contribution >= 0.6 is 23.3 Å². The fourth-order valence-electron chi connectivity index (χ4n) is 1.85. The third kappa shape index (κ3) is 3.78. The molecule has 2 aromatic rings. The highest BCUT2D eigenvalue weighted by atomic mass is 32.2. The van der Waals surface area contributed by atoms with Crippen molar-refractivity contribution < 1.29 is 0 Å². The predicted molar refractivity (Wildman–Crippen MR) is 82.9 cm³/mol. The Bertz CT molecular complexity index is 551. The number of benzene rings is 1. The van der Waals surface area contributed by atoms with Crippen LogP contribution in [0.25, 0.3) is 0 Å². The second-order valence-corrected chi connectivity index (χ2v) is 6.63. The van der Waals surface area contributed by atoms with Crippen LogP contribution in [0, 0.1) is 13.8 Å². The number of thioether (sulfide) groups is 1. The lowest BCUT2D eigenvalue weighted by Crippen LogP contribution is -2.14. The van der Waals surface area contributed by atoms with E-state index in [0.717, 1.165) is 22.3 Å². The van der Waals surface area contributed by atoms with Gasteiger partial charge in [0, 0.05) is 18.2 Å². The molecular weight excluding hydrogens is 274 g/mol. The highest BCUT2D eigenvalue weighted by molar-refractivity contribution is 8.00. The summed E-state index contributed by atoms with van der Waals surface area (Å²) in [6, 6.07) is 6.48. The summed E-state index contributed by atoms with van der Waals surface area (Å²) >= 11 is 3.16. The van der Waals surface area contributed by atoms with Gasteiger partial charge in [-0.2, -0.15) is 4.37 Å². The van der Waals surface area contributed by atoms with Crippen molar-refractivity contribution in [1.29, 1.82) is 0 Å². The van der Waals surface area contributed by atoms with Crippen molar-refractivity contribution in [1.82, 2.24) is 9.36 Å². The molecule has 0 aliphatic heterocycles. The number of hydrogen-bond donors (Lipinski definition) is 1. The molecule has 0 aliphatic carbocycles. The molecule has 0 saturated heterocycles. The Labute approximate surface area is 122 Å². The fourth-order valence-corrected chi connectivity index (χ4v) is 3.55. The molecule has 0 aliphatic rings. The van der Waals surface area contributed by atoms with Crippen molar-refractivity contribution in [2.75, 3.05) is 5.75 Å². The van der Waals surface area contributed by atoms with Crippen LogP contribution in [0.15, 0.2) is 22.5 Å². The average molecular weight is 293 g/mol. The van der Waals surface area contributed by atoms with Gasteiger partial charge >= 0.3 is 0 Å². The van der Waals surface area contributed by atoms with E-state index in [1.807, 2.05) is 0 Å². The van der Waals surface area contributed by atoms with Gasteiger partial charge < -0.3 is 5.73 Å². The fraction of sp³-hybridized carbons (Fsp3) is 0.429. The summed E-state index contributed by atoms with van der Waals surface area (Å²) < 4.78 is 5.30. The highest BCUT2D eigenvalue weighted by Gasteiger charge is 2.11. The molecule has 0 radical (unpaired) electrons. The van der Waals surface area contributed by atoms with Crippen LogP contribution in [-0.2, 0) is 6.42 Å². The first kappa shape index (κ1) is 14.5. The van der Waals surface area contributed by atoms with Crippen LogP contribution in [0.5, 0.6) is 0 Å². The maximum Gasteiger partial charge on any atom is 0.170 e. The molecule has 1 unspecified atom stereocenters. The average Bonchev–Trinajstić information content (AvgIpc) is 2.87. The normalized spacial score (nSPS) is 12.6. The van der Waals surface area contributed by atoms with E-state index in [1.54, 1.807) is 11.8 Å². The van der Waals surface area contributed by atoms with Crippen LogP contribution in [0.4, 0.5) is 0 Å². The van der Waals surface area contributed by atoms with E-state index in [-0.39, 0.29) is 6.04 Å². The number of rotatable bonds is 5. The molecule has 1 heterocycles. The first-order chi connectivity index (χ1) is 9.10. The lowest BCUT2D eigenvalue weighted by molar-refractivity contribution is 0.820. The van der Waals surface area contributed by atoms with Gasteiger partial charge in [0.2, 0.25) is 0 Å². The van der Waals surface area contributed by atoms with Gasteiger partial charge in [-0.05, 0) is 36.5 Å². The molecular formula is C14H19N3S2. The Kier molecular flexibility index (Phi) is 4.96. The molecule has 0 saturated carbocycles. The maximum absolute atomic E-state index is 6.29. The summed E-state index contributed by atoms with van der Waals surface area (Å²) in [5.41, 5.74) is 10.0. The Hall–Kier alpha value is -0.910. The lowest BCUT2D eigenvalue weighted by atomic mass is 10.0. The van der Waals surface area contributed by atoms with Crippen molar-refractivity contribution in [2.45, 2.75) is 37.6 Å². The second-order valence-electron chi connectivity index (χ2n) is 4.61. The van der Waals surface area contributed by atoms with Gasteiger partial charge in [-0.15, -0.1) is 0 Å². The standard InChI is InChI=1S/C14H19N3S2/c1-4-13-16-14(19-17-13)18-8-12(15)11-7-9(2)5-6-10(11)3/h5-7,12H,4,8,15H2,1-3H3. The van der Waals surface area contributed by atoms with Crippen LogP contribution in [-0.4, -0.2) is 15.1 Å². The first-order valence-corrected chi connectivity index (χ1v) is 8.14. The monoisotopic (exact) mass is 293 g/mol. The molecule has 0 fully saturated rings. The van der Waals surface area contributed by atoms with Crippen molar-refractivity contribution in [2.24, 2.45) is 5.73 Å². The molecule has 1 aromatic carbocycles. The number of aromatic nitrogens is 2. The quantitative estimate of drug-likeness (QED) is 0.857. The molecule has 2 N–H and O–H groups in total. The van der Waals surface area contributed by atoms with E-state index in [0.29, 0.717) is 0 Å². The summed E-state index contributed by atoms with van der Waals surface area (Å²) in [6.45, 7) is 6.28. The van der Waals surface area contributed by atoms with Gasteiger partial charge in [0.15, 0.2) is 4.34 Å². The Morgan fingerprint density at radius 3 is 2.84 bits per heavy atom. The van der Waals surface area contributed by atoms with E-state index in [9.17, 15) is 0 Å². The molecule has 0 amide bonds. The van der Waals surface area contributed by atoms with Gasteiger partial charge in [-0.25, -0.2) is 4.98 Å². The van der Waals surface area contributed by atoms with Gasteiger partial charge in [0.1, 0.15) is 5.82 Å². The number of aryl methyl sites for hydroxylation is 3. The summed E-state index contributed by atoms with van der Waals surface area (Å²) in [7, 11) is 0. The number of nitrogens with zero attached hydrogens (tertiary/aromatic N) is 2. The van der Waals surface area contributed by atoms with Crippen LogP contribution in [0.2, 0.25) is 0 Å². The minimum absolute atomic E-state index is 0.0406. The summed E-state index contributed by atoms with van der Waals surface area (Å²) in [5, 5.41) is 0. The molecule has 19 heavy (non-hydrogen) atoms. The molecule has 1 aromatic heterocycles. The van der Waals surface area contributed by atoms with Crippen molar-refractivity contribution in [3.63, 3.8) is 0 Å². The number of hydrogen-bond acceptors (Lipinski definition) is 5. The van der Waals surface area contributed by atoms with Gasteiger partial charge in [-0.3, -0.25) is 0 Å². The van der Waals surface area contributed by atoms with Crippen molar-refractivity contribution >= 4 is 23.3 Å². The van der Waals surface area contributed by atoms with E-state index in [4.69, 9.17) is 5.73 Å². The van der Waals surface area contributed by atoms with E-state index in [2.05, 4.69) is 48.3 Å². The molecule has 5 heteroatoms. The minimum Gasteiger partial charge on any atom is -0.323 e. The van der Waals surface area contributed by atoms with E-state index < -0.39 is 0 Å². The zero-order valence-corrected chi connectivity index (χ0v) is 13.1. The predicted octanol–water partition coefficient (Wildman–Crippen LogP) is 3.51. The maximum atomic E-state index is 6.29. The van der Waals surface area contributed by atoms with Gasteiger partial charge in [-0.1, -0.05) is 42.4 Å². The molecule has 2 rings (SSSR count). The Morgan fingerprint density at radius 2 is 2.16 bits per heavy atom. The lowest BCUT2D eigenvalue weighted by Gasteiger charge is -2.14. The third-order valence-corrected chi connectivity index (χ3v) is 4.98. The van der Waals surface area contributed by atoms with E-state index >= 15 is 0 Å². The van der Waals surface area contributed by atoms with Crippen molar-refractivity contribution in [3.8, 4) is 0 Å². The SMILES string of the molecule is CCc1nsc(SCC(N)c2cc(C)ccc2C)n1. The Balaban J connectivity index is 2.00. The highest BCUT2D eigenvalue weighted by Crippen LogP contribution is 2.26. The zero-order valence-electron chi connectivity index (χ0n) is 11.5. The first-order valence-electron chi connectivity index (χ1n) is 6.38. The molecule has 1 atom stereocenters. The summed E-state index contributed by atoms with van der Waals surface area (Å²) in [4.78, 5) is 4.45. The molecule has 0 spiro atoms. The van der Waals surface area contributed by atoms with Crippen LogP contribution in [0.3, 0.4) is 0 Å². The summed E-state index contributed by atoms with van der Waals surface area (Å²) in [6.07, 6.45) is 0.889. The molecule has 102 valence electrons. The second kappa shape index (κ2) is 6.50. The summed E-state index contributed by atoms with van der Waals surface area (Å²) in [5.74, 6) is 1.76. The topological polar surface area (TPSA) is 51.8 Å². The van der Waals surface area contributed by atoms with Crippen LogP contribution in [0.1, 0.15) is 35.5 Å². The largest absolute Gasteiger partial charge is 0.323 e. The minimum atomic E-state index is 0.0406.